The molecular formula is C22H29N3O4. The Hall–Kier alpha value is -2.83. The van der Waals surface area contributed by atoms with E-state index in [1.54, 1.807) is 25.7 Å². The average molecular weight is 399 g/mol. The predicted molar refractivity (Wildman–Crippen MR) is 110 cm³/mol. The molecule has 7 nitrogen and oxygen atoms in total. The monoisotopic (exact) mass is 399 g/mol. The first-order chi connectivity index (χ1) is 13.7. The van der Waals surface area contributed by atoms with Crippen LogP contribution in [0.1, 0.15) is 39.2 Å². The second-order valence-electron chi connectivity index (χ2n) is 8.51. The molecule has 1 aliphatic heterocycles. The van der Waals surface area contributed by atoms with Crippen molar-refractivity contribution >= 4 is 28.7 Å². The molecule has 1 aromatic carbocycles. The van der Waals surface area contributed by atoms with E-state index in [9.17, 15) is 19.5 Å². The summed E-state index contributed by atoms with van der Waals surface area (Å²) in [6.45, 7) is 5.90. The van der Waals surface area contributed by atoms with Crippen molar-refractivity contribution < 1.29 is 19.5 Å². The molecule has 3 N–H and O–H groups in total. The van der Waals surface area contributed by atoms with Crippen LogP contribution in [0, 0.1) is 11.3 Å². The quantitative estimate of drug-likeness (QED) is 0.695. The van der Waals surface area contributed by atoms with Crippen molar-refractivity contribution in [2.75, 3.05) is 13.1 Å². The van der Waals surface area contributed by atoms with Gasteiger partial charge >= 0.3 is 5.97 Å². The molecule has 1 saturated heterocycles. The maximum absolute atomic E-state index is 13.3. The predicted octanol–water partition coefficient (Wildman–Crippen LogP) is 2.56. The van der Waals surface area contributed by atoms with Crippen LogP contribution in [0.3, 0.4) is 0 Å². The molecule has 156 valence electrons. The number of carbonyl (C=O) groups is 3. The number of H-pyrrole nitrogens is 1. The van der Waals surface area contributed by atoms with Crippen molar-refractivity contribution in [3.05, 3.63) is 36.0 Å². The highest BCUT2D eigenvalue weighted by Gasteiger charge is 2.41. The molecule has 29 heavy (non-hydrogen) atoms. The molecule has 1 aliphatic rings. The minimum absolute atomic E-state index is 0.156. The van der Waals surface area contributed by atoms with Crippen LogP contribution in [0.25, 0.3) is 10.9 Å². The van der Waals surface area contributed by atoms with Crippen LogP contribution in [-0.2, 0) is 20.8 Å². The number of rotatable bonds is 6. The van der Waals surface area contributed by atoms with Gasteiger partial charge in [-0.3, -0.25) is 14.4 Å². The normalized spacial score (nSPS) is 20.6. The summed E-state index contributed by atoms with van der Waals surface area (Å²) in [7, 11) is 0. The smallest absolute Gasteiger partial charge is 0.311 e. The molecule has 2 amide bonds. The van der Waals surface area contributed by atoms with Crippen LogP contribution in [0.4, 0.5) is 0 Å². The lowest BCUT2D eigenvalue weighted by atomic mass is 9.81. The Morgan fingerprint density at radius 1 is 1.28 bits per heavy atom. The number of likely N-dealkylation sites (tertiary alicyclic amines) is 1. The van der Waals surface area contributed by atoms with Gasteiger partial charge in [-0.05, 0) is 31.4 Å². The second-order valence-corrected chi connectivity index (χ2v) is 8.51. The summed E-state index contributed by atoms with van der Waals surface area (Å²) in [5.74, 6) is -1.56. The first-order valence-electron chi connectivity index (χ1n) is 10.1. The maximum atomic E-state index is 13.3. The molecule has 1 fully saturated rings. The Morgan fingerprint density at radius 3 is 2.69 bits per heavy atom. The lowest BCUT2D eigenvalue weighted by Gasteiger charge is -2.39. The first kappa shape index (κ1) is 20.9. The van der Waals surface area contributed by atoms with Gasteiger partial charge in [-0.25, -0.2) is 0 Å². The number of aromatic nitrogens is 1. The third kappa shape index (κ3) is 4.44. The third-order valence-electron chi connectivity index (χ3n) is 5.76. The van der Waals surface area contributed by atoms with Crippen LogP contribution in [-0.4, -0.2) is 51.9 Å². The van der Waals surface area contributed by atoms with Gasteiger partial charge in [0.1, 0.15) is 6.04 Å². The number of nitrogens with one attached hydrogen (secondary N) is 2. The van der Waals surface area contributed by atoms with E-state index in [1.807, 2.05) is 30.5 Å². The fourth-order valence-corrected chi connectivity index (χ4v) is 3.88. The summed E-state index contributed by atoms with van der Waals surface area (Å²) in [6, 6.07) is 7.08. The third-order valence-corrected chi connectivity index (χ3v) is 5.76. The van der Waals surface area contributed by atoms with E-state index in [0.717, 1.165) is 16.5 Å². The molecule has 0 radical (unpaired) electrons. The summed E-state index contributed by atoms with van der Waals surface area (Å²) in [6.07, 6.45) is 3.38. The van der Waals surface area contributed by atoms with Crippen molar-refractivity contribution in [2.45, 2.75) is 46.1 Å². The number of fused-ring (bicyclic) bond motifs is 1. The zero-order chi connectivity index (χ0) is 21.2. The Morgan fingerprint density at radius 2 is 2.00 bits per heavy atom. The molecule has 0 aliphatic carbocycles. The molecular weight excluding hydrogens is 370 g/mol. The number of carboxylic acids is 1. The van der Waals surface area contributed by atoms with E-state index in [0.29, 0.717) is 25.8 Å². The number of para-hydroxylation sites is 1. The van der Waals surface area contributed by atoms with Crippen molar-refractivity contribution in [3.63, 3.8) is 0 Å². The molecule has 2 atom stereocenters. The lowest BCUT2D eigenvalue weighted by Crippen LogP contribution is -2.55. The molecule has 7 heteroatoms. The average Bonchev–Trinajstić information content (AvgIpc) is 3.09. The van der Waals surface area contributed by atoms with E-state index >= 15 is 0 Å². The molecule has 0 bridgehead atoms. The molecule has 3 rings (SSSR count). The number of hydrogen-bond acceptors (Lipinski definition) is 3. The van der Waals surface area contributed by atoms with Crippen LogP contribution in [0.2, 0.25) is 0 Å². The van der Waals surface area contributed by atoms with Gasteiger partial charge < -0.3 is 20.3 Å². The Bertz CT molecular complexity index is 920. The zero-order valence-corrected chi connectivity index (χ0v) is 17.2. The zero-order valence-electron chi connectivity index (χ0n) is 17.2. The van der Waals surface area contributed by atoms with E-state index in [-0.39, 0.29) is 24.3 Å². The lowest BCUT2D eigenvalue weighted by molar-refractivity contribution is -0.154. The number of hydrogen-bond donors (Lipinski definition) is 3. The number of nitrogens with zero attached hydrogens (tertiary/aromatic N) is 1. The van der Waals surface area contributed by atoms with Gasteiger partial charge in [0.15, 0.2) is 0 Å². The van der Waals surface area contributed by atoms with Crippen LogP contribution < -0.4 is 5.32 Å². The van der Waals surface area contributed by atoms with E-state index in [1.165, 1.54) is 0 Å². The SMILES string of the molecule is CC(C)C(=O)NC(Cc1c[nH]c2ccccc12)C(=O)N1CCCC(C)(C(=O)O)C1. The van der Waals surface area contributed by atoms with Crippen molar-refractivity contribution in [1.82, 2.24) is 15.2 Å². The molecule has 1 aromatic heterocycles. The summed E-state index contributed by atoms with van der Waals surface area (Å²) in [5, 5.41) is 13.5. The first-order valence-corrected chi connectivity index (χ1v) is 10.1. The number of aromatic amines is 1. The Kier molecular flexibility index (Phi) is 5.96. The van der Waals surface area contributed by atoms with Crippen molar-refractivity contribution in [1.29, 1.82) is 0 Å². The second kappa shape index (κ2) is 8.27. The van der Waals surface area contributed by atoms with Crippen LogP contribution >= 0.6 is 0 Å². The van der Waals surface area contributed by atoms with Gasteiger partial charge in [-0.15, -0.1) is 0 Å². The number of piperidine rings is 1. The number of carboxylic acid groups (broad SMARTS) is 1. The number of amides is 2. The van der Waals surface area contributed by atoms with Gasteiger partial charge in [0.05, 0.1) is 5.41 Å². The molecule has 0 saturated carbocycles. The largest absolute Gasteiger partial charge is 0.481 e. The molecule has 0 spiro atoms. The van der Waals surface area contributed by atoms with Gasteiger partial charge in [-0.1, -0.05) is 32.0 Å². The van der Waals surface area contributed by atoms with Crippen molar-refractivity contribution in [3.8, 4) is 0 Å². The van der Waals surface area contributed by atoms with Crippen molar-refractivity contribution in [2.24, 2.45) is 11.3 Å². The van der Waals surface area contributed by atoms with Gasteiger partial charge in [0.25, 0.3) is 0 Å². The molecule has 2 unspecified atom stereocenters. The molecule has 2 heterocycles. The highest BCUT2D eigenvalue weighted by Crippen LogP contribution is 2.30. The standard InChI is InChI=1S/C22H29N3O4/c1-14(2)19(26)24-18(11-15-12-23-17-8-5-4-7-16(15)17)20(27)25-10-6-9-22(3,13-25)21(28)29/h4-5,7-8,12,14,18,23H,6,9-11,13H2,1-3H3,(H,24,26)(H,28,29). The minimum atomic E-state index is -0.957. The van der Waals surface area contributed by atoms with E-state index in [4.69, 9.17) is 0 Å². The number of aliphatic carboxylic acids is 1. The maximum Gasteiger partial charge on any atom is 0.311 e. The summed E-state index contributed by atoms with van der Waals surface area (Å²) in [5.41, 5.74) is 0.961. The fourth-order valence-electron chi connectivity index (χ4n) is 3.88. The van der Waals surface area contributed by atoms with Gasteiger partial charge in [0, 0.05) is 42.5 Å². The minimum Gasteiger partial charge on any atom is -0.481 e. The summed E-state index contributed by atoms with van der Waals surface area (Å²) in [4.78, 5) is 42.2. The van der Waals surface area contributed by atoms with Gasteiger partial charge in [-0.2, -0.15) is 0 Å². The number of benzene rings is 1. The summed E-state index contributed by atoms with van der Waals surface area (Å²) >= 11 is 0. The highest BCUT2D eigenvalue weighted by atomic mass is 16.4. The fraction of sp³-hybridized carbons (Fsp3) is 0.500. The molecule has 2 aromatic rings. The van der Waals surface area contributed by atoms with E-state index in [2.05, 4.69) is 10.3 Å². The Labute approximate surface area is 170 Å². The van der Waals surface area contributed by atoms with Crippen LogP contribution in [0.15, 0.2) is 30.5 Å². The highest BCUT2D eigenvalue weighted by molar-refractivity contribution is 5.90. The van der Waals surface area contributed by atoms with Gasteiger partial charge in [0.2, 0.25) is 11.8 Å². The summed E-state index contributed by atoms with van der Waals surface area (Å²) < 4.78 is 0. The topological polar surface area (TPSA) is 103 Å². The Balaban J connectivity index is 1.85. The van der Waals surface area contributed by atoms with E-state index < -0.39 is 17.4 Å². The van der Waals surface area contributed by atoms with Crippen LogP contribution in [0.5, 0.6) is 0 Å². The number of carbonyl (C=O) groups excluding carboxylic acids is 2.